The van der Waals surface area contributed by atoms with E-state index in [1.54, 1.807) is 18.2 Å². The van der Waals surface area contributed by atoms with Gasteiger partial charge in [-0.3, -0.25) is 9.10 Å². The Morgan fingerprint density at radius 1 is 1.19 bits per heavy atom. The molecule has 2 aromatic carbocycles. The third-order valence-corrected chi connectivity index (χ3v) is 6.12. The summed E-state index contributed by atoms with van der Waals surface area (Å²) in [6.07, 6.45) is 3.75. The first-order valence-electron chi connectivity index (χ1n) is 8.72. The van der Waals surface area contributed by atoms with Gasteiger partial charge in [-0.05, 0) is 43.4 Å². The zero-order valence-electron chi connectivity index (χ0n) is 16.1. The first-order valence-corrected chi connectivity index (χ1v) is 11.8. The van der Waals surface area contributed by atoms with Gasteiger partial charge in [0.15, 0.2) is 0 Å². The Kier molecular flexibility index (Phi) is 7.33. The highest BCUT2D eigenvalue weighted by atomic mass is 32.2. The molecule has 0 bridgehead atoms. The maximum Gasteiger partial charge on any atom is 0.241 e. The van der Waals surface area contributed by atoms with Crippen molar-refractivity contribution in [2.24, 2.45) is 0 Å². The normalized spacial score (nSPS) is 12.4. The van der Waals surface area contributed by atoms with Crippen LogP contribution >= 0.6 is 11.8 Å². The summed E-state index contributed by atoms with van der Waals surface area (Å²) in [5, 5.41) is 2.95. The highest BCUT2D eigenvalue weighted by Gasteiger charge is 2.22. The van der Waals surface area contributed by atoms with Crippen LogP contribution in [0.1, 0.15) is 30.5 Å². The fourth-order valence-corrected chi connectivity index (χ4v) is 4.06. The Morgan fingerprint density at radius 3 is 2.41 bits per heavy atom. The van der Waals surface area contributed by atoms with Gasteiger partial charge >= 0.3 is 0 Å². The Labute approximate surface area is 166 Å². The first-order chi connectivity index (χ1) is 12.7. The van der Waals surface area contributed by atoms with Gasteiger partial charge in [-0.25, -0.2) is 8.42 Å². The summed E-state index contributed by atoms with van der Waals surface area (Å²) in [5.41, 5.74) is 2.64. The van der Waals surface area contributed by atoms with Crippen LogP contribution < -0.4 is 9.62 Å². The van der Waals surface area contributed by atoms with E-state index < -0.39 is 10.0 Å². The second-order valence-corrected chi connectivity index (χ2v) is 9.20. The van der Waals surface area contributed by atoms with E-state index in [1.807, 2.05) is 50.4 Å². The molecule has 1 amide bonds. The fourth-order valence-electron chi connectivity index (χ4n) is 2.76. The van der Waals surface area contributed by atoms with Crippen molar-refractivity contribution in [3.63, 3.8) is 0 Å². The maximum atomic E-state index is 12.6. The van der Waals surface area contributed by atoms with Crippen molar-refractivity contribution >= 4 is 33.4 Å². The molecule has 0 spiro atoms. The van der Waals surface area contributed by atoms with Crippen molar-refractivity contribution in [1.29, 1.82) is 0 Å². The molecule has 0 aliphatic heterocycles. The number of rotatable bonds is 8. The maximum absolute atomic E-state index is 12.6. The predicted octanol–water partition coefficient (Wildman–Crippen LogP) is 3.75. The zero-order chi connectivity index (χ0) is 20.0. The number of amides is 1. The van der Waals surface area contributed by atoms with E-state index in [0.29, 0.717) is 5.69 Å². The van der Waals surface area contributed by atoms with Crippen LogP contribution in [0.3, 0.4) is 0 Å². The third kappa shape index (κ3) is 6.01. The Hall–Kier alpha value is -1.99. The first kappa shape index (κ1) is 21.3. The SMILES string of the molecule is CC[C@H](NC(=O)CN(c1cccc(SC)c1)S(C)(=O)=O)c1ccc(C)cc1. The minimum absolute atomic E-state index is 0.156. The van der Waals surface area contributed by atoms with Crippen LogP contribution in [0.4, 0.5) is 5.69 Å². The number of hydrogen-bond acceptors (Lipinski definition) is 4. The fraction of sp³-hybridized carbons (Fsp3) is 0.350. The molecule has 1 N–H and O–H groups in total. The number of sulfonamides is 1. The number of nitrogens with zero attached hydrogens (tertiary/aromatic N) is 1. The summed E-state index contributed by atoms with van der Waals surface area (Å²) < 4.78 is 25.7. The lowest BCUT2D eigenvalue weighted by Crippen LogP contribution is -2.41. The van der Waals surface area contributed by atoms with Crippen LogP contribution in [-0.2, 0) is 14.8 Å². The van der Waals surface area contributed by atoms with E-state index >= 15 is 0 Å². The van der Waals surface area contributed by atoms with Gasteiger partial charge in [0, 0.05) is 4.90 Å². The van der Waals surface area contributed by atoms with Crippen LogP contribution in [0, 0.1) is 6.92 Å². The second-order valence-electron chi connectivity index (χ2n) is 6.41. The van der Waals surface area contributed by atoms with E-state index in [4.69, 9.17) is 0 Å². The molecule has 0 aliphatic carbocycles. The van der Waals surface area contributed by atoms with Crippen LogP contribution in [0.5, 0.6) is 0 Å². The molecule has 0 saturated heterocycles. The van der Waals surface area contributed by atoms with Crippen molar-refractivity contribution in [2.75, 3.05) is 23.4 Å². The minimum Gasteiger partial charge on any atom is -0.348 e. The van der Waals surface area contributed by atoms with E-state index in [0.717, 1.165) is 33.0 Å². The van der Waals surface area contributed by atoms with Gasteiger partial charge in [0.05, 0.1) is 18.0 Å². The second kappa shape index (κ2) is 9.28. The number of hydrogen-bond donors (Lipinski definition) is 1. The molecule has 5 nitrogen and oxygen atoms in total. The predicted molar refractivity (Wildman–Crippen MR) is 113 cm³/mol. The topological polar surface area (TPSA) is 66.5 Å². The van der Waals surface area contributed by atoms with Crippen molar-refractivity contribution in [1.82, 2.24) is 5.32 Å². The van der Waals surface area contributed by atoms with E-state index in [1.165, 1.54) is 11.8 Å². The smallest absolute Gasteiger partial charge is 0.241 e. The van der Waals surface area contributed by atoms with Crippen molar-refractivity contribution in [2.45, 2.75) is 31.2 Å². The lowest BCUT2D eigenvalue weighted by molar-refractivity contribution is -0.120. The van der Waals surface area contributed by atoms with Crippen LogP contribution in [0.25, 0.3) is 0 Å². The lowest BCUT2D eigenvalue weighted by Gasteiger charge is -2.24. The molecule has 0 aromatic heterocycles. The summed E-state index contributed by atoms with van der Waals surface area (Å²) in [6.45, 7) is 3.75. The number of carbonyl (C=O) groups excluding carboxylic acids is 1. The summed E-state index contributed by atoms with van der Waals surface area (Å²) in [6, 6.07) is 15.0. The van der Waals surface area contributed by atoms with Crippen LogP contribution in [0.2, 0.25) is 0 Å². The molecule has 0 heterocycles. The van der Waals surface area contributed by atoms with Gasteiger partial charge in [0.2, 0.25) is 15.9 Å². The van der Waals surface area contributed by atoms with Gasteiger partial charge < -0.3 is 5.32 Å². The highest BCUT2D eigenvalue weighted by Crippen LogP contribution is 2.24. The minimum atomic E-state index is -3.59. The summed E-state index contributed by atoms with van der Waals surface area (Å²) in [4.78, 5) is 13.6. The molecule has 1 atom stereocenters. The quantitative estimate of drug-likeness (QED) is 0.678. The van der Waals surface area contributed by atoms with Crippen molar-refractivity contribution < 1.29 is 13.2 Å². The van der Waals surface area contributed by atoms with Gasteiger partial charge in [-0.2, -0.15) is 0 Å². The summed E-state index contributed by atoms with van der Waals surface area (Å²) >= 11 is 1.52. The molecule has 2 rings (SSSR count). The highest BCUT2D eigenvalue weighted by molar-refractivity contribution is 7.98. The third-order valence-electron chi connectivity index (χ3n) is 4.25. The van der Waals surface area contributed by atoms with Gasteiger partial charge in [-0.15, -0.1) is 11.8 Å². The molecule has 0 aliphatic rings. The molecule has 0 unspecified atom stereocenters. The monoisotopic (exact) mass is 406 g/mol. The number of thioether (sulfide) groups is 1. The summed E-state index contributed by atoms with van der Waals surface area (Å²) in [7, 11) is -3.59. The number of aryl methyl sites for hydroxylation is 1. The van der Waals surface area contributed by atoms with Gasteiger partial charge in [0.25, 0.3) is 0 Å². The number of nitrogens with one attached hydrogen (secondary N) is 1. The molecule has 27 heavy (non-hydrogen) atoms. The van der Waals surface area contributed by atoms with Crippen LogP contribution in [-0.4, -0.2) is 33.4 Å². The van der Waals surface area contributed by atoms with E-state index in [-0.39, 0.29) is 18.5 Å². The summed E-state index contributed by atoms with van der Waals surface area (Å²) in [5.74, 6) is -0.331. The average Bonchev–Trinajstić information content (AvgIpc) is 2.64. The zero-order valence-corrected chi connectivity index (χ0v) is 17.7. The number of carbonyl (C=O) groups is 1. The largest absolute Gasteiger partial charge is 0.348 e. The lowest BCUT2D eigenvalue weighted by atomic mass is 10.0. The molecule has 146 valence electrons. The van der Waals surface area contributed by atoms with Crippen molar-refractivity contribution in [3.05, 3.63) is 59.7 Å². The number of benzene rings is 2. The molecule has 0 saturated carbocycles. The molecule has 0 radical (unpaired) electrons. The Balaban J connectivity index is 2.19. The van der Waals surface area contributed by atoms with E-state index in [2.05, 4.69) is 5.32 Å². The Morgan fingerprint density at radius 2 is 1.85 bits per heavy atom. The molecule has 0 fully saturated rings. The molecule has 2 aromatic rings. The molecular formula is C20H26N2O3S2. The van der Waals surface area contributed by atoms with E-state index in [9.17, 15) is 13.2 Å². The standard InChI is InChI=1S/C20H26N2O3S2/c1-5-19(16-11-9-15(2)10-12-16)21-20(23)14-22(27(4,24)25)17-7-6-8-18(13-17)26-3/h6-13,19H,5,14H2,1-4H3,(H,21,23)/t19-/m0/s1. The van der Waals surface area contributed by atoms with Gasteiger partial charge in [0.1, 0.15) is 6.54 Å². The van der Waals surface area contributed by atoms with Gasteiger partial charge in [-0.1, -0.05) is 42.8 Å². The number of anilines is 1. The molecular weight excluding hydrogens is 380 g/mol. The Bertz CT molecular complexity index is 880. The van der Waals surface area contributed by atoms with Crippen LogP contribution in [0.15, 0.2) is 53.4 Å². The molecule has 7 heteroatoms. The average molecular weight is 407 g/mol. The van der Waals surface area contributed by atoms with Crippen molar-refractivity contribution in [3.8, 4) is 0 Å².